The lowest BCUT2D eigenvalue weighted by atomic mass is 10.5. The fraction of sp³-hybridized carbons (Fsp3) is 0.500. The van der Waals surface area contributed by atoms with Crippen LogP contribution in [-0.2, 0) is 9.47 Å². The molecule has 0 amide bonds. The zero-order chi connectivity index (χ0) is 11.7. The number of hydrogen-bond acceptors (Lipinski definition) is 5. The summed E-state index contributed by atoms with van der Waals surface area (Å²) in [6, 6.07) is 0. The number of rotatable bonds is 2. The van der Waals surface area contributed by atoms with Crippen LogP contribution in [-0.4, -0.2) is 34.2 Å². The third-order valence-electron chi connectivity index (χ3n) is 2.12. The van der Waals surface area contributed by atoms with E-state index in [1.165, 1.54) is 0 Å². The van der Waals surface area contributed by atoms with Crippen molar-refractivity contribution in [2.24, 2.45) is 0 Å². The van der Waals surface area contributed by atoms with Crippen LogP contribution >= 0.6 is 0 Å². The molecule has 0 unspecified atom stereocenters. The molecule has 0 spiro atoms. The van der Waals surface area contributed by atoms with E-state index in [1.807, 2.05) is 0 Å². The van der Waals surface area contributed by atoms with Gasteiger partial charge in [-0.1, -0.05) is 0 Å². The number of halogens is 1. The molecular formula is C8H9FN2O5. The van der Waals surface area contributed by atoms with E-state index in [4.69, 9.17) is 14.6 Å². The zero-order valence-electron chi connectivity index (χ0n) is 8.05. The number of aromatic nitrogens is 2. The van der Waals surface area contributed by atoms with Gasteiger partial charge in [-0.3, -0.25) is 14.3 Å². The quantitative estimate of drug-likeness (QED) is 0.650. The molecule has 16 heavy (non-hydrogen) atoms. The number of aromatic amines is 1. The number of nitrogens with one attached hydrogen (secondary N) is 1. The number of hydrogen-bond donors (Lipinski definition) is 2. The van der Waals surface area contributed by atoms with Crippen molar-refractivity contribution in [2.75, 3.05) is 13.2 Å². The minimum atomic E-state index is -1.09. The number of aliphatic hydroxyl groups excluding tert-OH is 1. The van der Waals surface area contributed by atoms with Crippen LogP contribution in [0.5, 0.6) is 0 Å². The average Bonchev–Trinajstić information content (AvgIpc) is 2.71. The number of nitrogens with zero attached hydrogens (tertiary/aromatic N) is 1. The van der Waals surface area contributed by atoms with Crippen molar-refractivity contribution in [1.82, 2.24) is 9.55 Å². The van der Waals surface area contributed by atoms with Crippen LogP contribution in [0.15, 0.2) is 15.8 Å². The average molecular weight is 232 g/mol. The molecule has 0 saturated carbocycles. The molecule has 2 atom stereocenters. The van der Waals surface area contributed by atoms with Gasteiger partial charge < -0.3 is 14.6 Å². The summed E-state index contributed by atoms with van der Waals surface area (Å²) < 4.78 is 23.8. The summed E-state index contributed by atoms with van der Waals surface area (Å²) in [5.41, 5.74) is -1.88. The molecule has 1 saturated heterocycles. The summed E-state index contributed by atoms with van der Waals surface area (Å²) in [5, 5.41) is 8.73. The van der Waals surface area contributed by atoms with Gasteiger partial charge in [-0.15, -0.1) is 0 Å². The van der Waals surface area contributed by atoms with E-state index >= 15 is 0 Å². The topological polar surface area (TPSA) is 93.6 Å². The number of H-pyrrole nitrogens is 1. The summed E-state index contributed by atoms with van der Waals surface area (Å²) in [6.45, 7) is -0.367. The molecule has 0 aliphatic carbocycles. The van der Waals surface area contributed by atoms with Gasteiger partial charge in [0.2, 0.25) is 5.82 Å². The van der Waals surface area contributed by atoms with Gasteiger partial charge in [0.1, 0.15) is 0 Å². The third-order valence-corrected chi connectivity index (χ3v) is 2.12. The van der Waals surface area contributed by atoms with Crippen molar-refractivity contribution in [1.29, 1.82) is 0 Å². The van der Waals surface area contributed by atoms with Crippen LogP contribution in [0, 0.1) is 5.82 Å². The molecule has 1 aliphatic heterocycles. The Morgan fingerprint density at radius 2 is 2.38 bits per heavy atom. The van der Waals surface area contributed by atoms with Crippen molar-refractivity contribution in [3.8, 4) is 0 Å². The normalized spacial score (nSPS) is 24.9. The highest BCUT2D eigenvalue weighted by molar-refractivity contribution is 4.88. The SMILES string of the molecule is O=c1[nH]c(=O)n([C@@H]2CO[C@H](CO)O2)cc1F. The monoisotopic (exact) mass is 232 g/mol. The maximum Gasteiger partial charge on any atom is 0.330 e. The van der Waals surface area contributed by atoms with Gasteiger partial charge in [0.05, 0.1) is 19.4 Å². The van der Waals surface area contributed by atoms with Crippen LogP contribution in [0.25, 0.3) is 0 Å². The fourth-order valence-electron chi connectivity index (χ4n) is 1.36. The minimum Gasteiger partial charge on any atom is -0.391 e. The smallest absolute Gasteiger partial charge is 0.330 e. The Labute approximate surface area is 88.0 Å². The van der Waals surface area contributed by atoms with Gasteiger partial charge in [0, 0.05) is 0 Å². The van der Waals surface area contributed by atoms with Crippen LogP contribution in [0.3, 0.4) is 0 Å². The van der Waals surface area contributed by atoms with Gasteiger partial charge >= 0.3 is 5.69 Å². The number of ether oxygens (including phenoxy) is 2. The largest absolute Gasteiger partial charge is 0.391 e. The molecule has 0 bridgehead atoms. The minimum absolute atomic E-state index is 0.00336. The molecular weight excluding hydrogens is 223 g/mol. The van der Waals surface area contributed by atoms with Crippen molar-refractivity contribution in [2.45, 2.75) is 12.5 Å². The van der Waals surface area contributed by atoms with Gasteiger partial charge in [0.25, 0.3) is 5.56 Å². The van der Waals surface area contributed by atoms with Crippen molar-refractivity contribution < 1.29 is 19.0 Å². The van der Waals surface area contributed by atoms with E-state index in [0.717, 1.165) is 10.8 Å². The van der Waals surface area contributed by atoms with E-state index in [0.29, 0.717) is 0 Å². The van der Waals surface area contributed by atoms with Gasteiger partial charge in [0.15, 0.2) is 12.5 Å². The van der Waals surface area contributed by atoms with Crippen LogP contribution in [0.4, 0.5) is 4.39 Å². The maximum atomic E-state index is 12.9. The van der Waals surface area contributed by atoms with Crippen molar-refractivity contribution in [3.05, 3.63) is 32.9 Å². The van der Waals surface area contributed by atoms with Gasteiger partial charge in [-0.2, -0.15) is 4.39 Å². The Kier molecular flexibility index (Phi) is 2.86. The molecule has 1 aliphatic rings. The van der Waals surface area contributed by atoms with Crippen LogP contribution < -0.4 is 11.2 Å². The highest BCUT2D eigenvalue weighted by atomic mass is 19.1. The predicted octanol–water partition coefficient (Wildman–Crippen LogP) is -1.46. The molecule has 0 radical (unpaired) electrons. The molecule has 1 aromatic rings. The standard InChI is InChI=1S/C8H9FN2O5/c9-4-1-11(8(14)10-7(4)13)5-3-15-6(2-12)16-5/h1,5-6,12H,2-3H2,(H,10,13,14)/t5-,6-/m0/s1. The predicted molar refractivity (Wildman–Crippen MR) is 48.2 cm³/mol. The second kappa shape index (κ2) is 4.16. The van der Waals surface area contributed by atoms with Gasteiger partial charge in [-0.05, 0) is 0 Å². The Hall–Kier alpha value is -1.51. The first kappa shape index (κ1) is 11.0. The molecule has 2 rings (SSSR count). The summed E-state index contributed by atoms with van der Waals surface area (Å²) in [5.74, 6) is -1.09. The van der Waals surface area contributed by atoms with E-state index in [2.05, 4.69) is 0 Å². The highest BCUT2D eigenvalue weighted by Crippen LogP contribution is 2.18. The summed E-state index contributed by atoms with van der Waals surface area (Å²) >= 11 is 0. The second-order valence-corrected chi connectivity index (χ2v) is 3.18. The van der Waals surface area contributed by atoms with E-state index in [1.54, 1.807) is 4.98 Å². The van der Waals surface area contributed by atoms with E-state index < -0.39 is 29.6 Å². The van der Waals surface area contributed by atoms with Gasteiger partial charge in [-0.25, -0.2) is 4.79 Å². The summed E-state index contributed by atoms with van der Waals surface area (Å²) in [6.07, 6.45) is -0.947. The Balaban J connectivity index is 2.32. The van der Waals surface area contributed by atoms with E-state index in [9.17, 15) is 14.0 Å². The first-order chi connectivity index (χ1) is 7.61. The summed E-state index contributed by atoms with van der Waals surface area (Å²) in [7, 11) is 0. The molecule has 88 valence electrons. The highest BCUT2D eigenvalue weighted by Gasteiger charge is 2.27. The van der Waals surface area contributed by atoms with Crippen LogP contribution in [0.2, 0.25) is 0 Å². The van der Waals surface area contributed by atoms with E-state index in [-0.39, 0.29) is 13.2 Å². The second-order valence-electron chi connectivity index (χ2n) is 3.18. The lowest BCUT2D eigenvalue weighted by molar-refractivity contribution is -0.0994. The maximum absolute atomic E-state index is 12.9. The lowest BCUT2D eigenvalue weighted by Crippen LogP contribution is -2.34. The Morgan fingerprint density at radius 3 is 3.00 bits per heavy atom. The molecule has 2 N–H and O–H groups in total. The van der Waals surface area contributed by atoms with Crippen molar-refractivity contribution in [3.63, 3.8) is 0 Å². The lowest BCUT2D eigenvalue weighted by Gasteiger charge is -2.11. The molecule has 1 fully saturated rings. The first-order valence-electron chi connectivity index (χ1n) is 4.50. The Bertz CT molecular complexity index is 496. The number of aliphatic hydroxyl groups is 1. The first-order valence-corrected chi connectivity index (χ1v) is 4.50. The third kappa shape index (κ3) is 1.90. The summed E-state index contributed by atoms with van der Waals surface area (Å²) in [4.78, 5) is 23.9. The molecule has 8 heteroatoms. The molecule has 2 heterocycles. The fourth-order valence-corrected chi connectivity index (χ4v) is 1.36. The zero-order valence-corrected chi connectivity index (χ0v) is 8.05. The Morgan fingerprint density at radius 1 is 1.62 bits per heavy atom. The van der Waals surface area contributed by atoms with Crippen LogP contribution in [0.1, 0.15) is 6.23 Å². The molecule has 1 aromatic heterocycles. The molecule has 7 nitrogen and oxygen atoms in total. The molecule has 0 aromatic carbocycles. The van der Waals surface area contributed by atoms with Crippen molar-refractivity contribution >= 4 is 0 Å².